The van der Waals surface area contributed by atoms with E-state index in [0.717, 1.165) is 21.1 Å². The molecular formula is C16H16O2S. The molecule has 0 N–H and O–H groups in total. The smallest absolute Gasteiger partial charge is 0.195 e. The van der Waals surface area contributed by atoms with E-state index in [9.17, 15) is 4.79 Å². The molecule has 0 radical (unpaired) electrons. The first-order valence-electron chi connectivity index (χ1n) is 6.21. The van der Waals surface area contributed by atoms with Gasteiger partial charge in [0.1, 0.15) is 5.75 Å². The highest BCUT2D eigenvalue weighted by Crippen LogP contribution is 2.21. The van der Waals surface area contributed by atoms with Crippen LogP contribution in [0.4, 0.5) is 0 Å². The normalized spacial score (nSPS) is 10.8. The number of allylic oxidation sites excluding steroid dienone is 1. The Morgan fingerprint density at radius 1 is 1.26 bits per heavy atom. The van der Waals surface area contributed by atoms with Gasteiger partial charge in [-0.3, -0.25) is 4.79 Å². The van der Waals surface area contributed by atoms with Crippen molar-refractivity contribution in [3.63, 3.8) is 0 Å². The van der Waals surface area contributed by atoms with Crippen LogP contribution in [0.5, 0.6) is 5.75 Å². The van der Waals surface area contributed by atoms with Crippen LogP contribution in [0.2, 0.25) is 0 Å². The molecule has 0 saturated heterocycles. The molecule has 0 amide bonds. The summed E-state index contributed by atoms with van der Waals surface area (Å²) in [6, 6.07) is 11.5. The molecule has 0 aliphatic heterocycles. The topological polar surface area (TPSA) is 26.3 Å². The largest absolute Gasteiger partial charge is 0.493 e. The van der Waals surface area contributed by atoms with Crippen LogP contribution in [0, 0.1) is 6.92 Å². The summed E-state index contributed by atoms with van der Waals surface area (Å²) in [5, 5.41) is 0. The predicted molar refractivity (Wildman–Crippen MR) is 80.0 cm³/mol. The van der Waals surface area contributed by atoms with Crippen LogP contribution >= 0.6 is 11.3 Å². The molecular weight excluding hydrogens is 256 g/mol. The Bertz CT molecular complexity index is 596. The Morgan fingerprint density at radius 3 is 2.74 bits per heavy atom. The molecule has 0 atom stereocenters. The molecule has 0 fully saturated rings. The minimum absolute atomic E-state index is 0.0319. The zero-order valence-corrected chi connectivity index (χ0v) is 11.9. The number of carbonyl (C=O) groups is 1. The van der Waals surface area contributed by atoms with Gasteiger partial charge in [0.15, 0.2) is 5.78 Å². The number of hydrogen-bond acceptors (Lipinski definition) is 3. The summed E-state index contributed by atoms with van der Waals surface area (Å²) >= 11 is 1.51. The van der Waals surface area contributed by atoms with Crippen LogP contribution in [0.3, 0.4) is 0 Å². The second kappa shape index (κ2) is 6.34. The highest BCUT2D eigenvalue weighted by molar-refractivity contribution is 7.14. The Labute approximate surface area is 117 Å². The average molecular weight is 272 g/mol. The Kier molecular flexibility index (Phi) is 4.53. The van der Waals surface area contributed by atoms with Gasteiger partial charge in [0.2, 0.25) is 0 Å². The van der Waals surface area contributed by atoms with Gasteiger partial charge in [-0.2, -0.15) is 0 Å². The van der Waals surface area contributed by atoms with Crippen LogP contribution in [0.15, 0.2) is 42.5 Å². The quantitative estimate of drug-likeness (QED) is 0.597. The summed E-state index contributed by atoms with van der Waals surface area (Å²) in [5.74, 6) is 0.834. The molecule has 1 aromatic heterocycles. The standard InChI is InChI=1S/C16H16O2S/c1-3-18-15-7-5-4-6-13(15)9-10-14(17)16-11-8-12(2)19-16/h4-11H,3H2,1-2H3. The van der Waals surface area contributed by atoms with Crippen LogP contribution in [-0.2, 0) is 0 Å². The van der Waals surface area contributed by atoms with Crippen LogP contribution in [0.1, 0.15) is 27.0 Å². The lowest BCUT2D eigenvalue weighted by Gasteiger charge is -2.05. The van der Waals surface area contributed by atoms with E-state index < -0.39 is 0 Å². The molecule has 98 valence electrons. The summed E-state index contributed by atoms with van der Waals surface area (Å²) in [7, 11) is 0. The number of benzene rings is 1. The van der Waals surface area contributed by atoms with Gasteiger partial charge >= 0.3 is 0 Å². The van der Waals surface area contributed by atoms with E-state index in [1.54, 1.807) is 6.08 Å². The summed E-state index contributed by atoms with van der Waals surface area (Å²) in [5.41, 5.74) is 0.922. The van der Waals surface area contributed by atoms with E-state index in [-0.39, 0.29) is 5.78 Å². The van der Waals surface area contributed by atoms with Crippen molar-refractivity contribution in [2.45, 2.75) is 13.8 Å². The van der Waals surface area contributed by atoms with E-state index in [0.29, 0.717) is 6.61 Å². The molecule has 0 bridgehead atoms. The number of ether oxygens (including phenoxy) is 1. The number of para-hydroxylation sites is 1. The summed E-state index contributed by atoms with van der Waals surface area (Å²) in [6.07, 6.45) is 3.41. The van der Waals surface area contributed by atoms with Crippen molar-refractivity contribution >= 4 is 23.2 Å². The first-order valence-corrected chi connectivity index (χ1v) is 7.03. The predicted octanol–water partition coefficient (Wildman–Crippen LogP) is 4.35. The molecule has 2 rings (SSSR count). The number of aryl methyl sites for hydroxylation is 1. The Hall–Kier alpha value is -1.87. The highest BCUT2D eigenvalue weighted by atomic mass is 32.1. The molecule has 1 aromatic carbocycles. The summed E-state index contributed by atoms with van der Waals surface area (Å²) in [6.45, 7) is 4.55. The molecule has 0 saturated carbocycles. The maximum atomic E-state index is 12.0. The first kappa shape index (κ1) is 13.6. The molecule has 1 heterocycles. The zero-order chi connectivity index (χ0) is 13.7. The SMILES string of the molecule is CCOc1ccccc1C=CC(=O)c1ccc(C)s1. The van der Waals surface area contributed by atoms with Crippen molar-refractivity contribution in [3.05, 3.63) is 57.8 Å². The number of ketones is 1. The Balaban J connectivity index is 2.16. The Morgan fingerprint density at radius 2 is 2.05 bits per heavy atom. The average Bonchev–Trinajstić information content (AvgIpc) is 2.84. The number of hydrogen-bond donors (Lipinski definition) is 0. The van der Waals surface area contributed by atoms with Gasteiger partial charge in [-0.25, -0.2) is 0 Å². The van der Waals surface area contributed by atoms with E-state index in [4.69, 9.17) is 4.74 Å². The lowest BCUT2D eigenvalue weighted by atomic mass is 10.1. The first-order chi connectivity index (χ1) is 9.20. The lowest BCUT2D eigenvalue weighted by molar-refractivity contribution is 0.105. The fraction of sp³-hybridized carbons (Fsp3) is 0.188. The molecule has 0 spiro atoms. The molecule has 0 aliphatic rings. The summed E-state index contributed by atoms with van der Waals surface area (Å²) < 4.78 is 5.52. The van der Waals surface area contributed by atoms with E-state index >= 15 is 0 Å². The maximum absolute atomic E-state index is 12.0. The van der Waals surface area contributed by atoms with Gasteiger partial charge in [0, 0.05) is 10.4 Å². The van der Waals surface area contributed by atoms with Crippen molar-refractivity contribution in [1.29, 1.82) is 0 Å². The minimum atomic E-state index is 0.0319. The number of thiophene rings is 1. The van der Waals surface area contributed by atoms with Crippen molar-refractivity contribution in [3.8, 4) is 5.75 Å². The molecule has 2 aromatic rings. The molecule has 2 nitrogen and oxygen atoms in total. The summed E-state index contributed by atoms with van der Waals surface area (Å²) in [4.78, 5) is 13.9. The van der Waals surface area contributed by atoms with Crippen molar-refractivity contribution in [2.75, 3.05) is 6.61 Å². The van der Waals surface area contributed by atoms with Gasteiger partial charge in [-0.05, 0) is 44.2 Å². The number of carbonyl (C=O) groups excluding carboxylic acids is 1. The van der Waals surface area contributed by atoms with Crippen molar-refractivity contribution in [2.24, 2.45) is 0 Å². The minimum Gasteiger partial charge on any atom is -0.493 e. The van der Waals surface area contributed by atoms with Gasteiger partial charge in [-0.1, -0.05) is 18.2 Å². The monoisotopic (exact) mass is 272 g/mol. The van der Waals surface area contributed by atoms with Gasteiger partial charge in [-0.15, -0.1) is 11.3 Å². The van der Waals surface area contributed by atoms with Crippen LogP contribution in [0.25, 0.3) is 6.08 Å². The molecule has 19 heavy (non-hydrogen) atoms. The fourth-order valence-electron chi connectivity index (χ4n) is 1.72. The van der Waals surface area contributed by atoms with E-state index in [2.05, 4.69) is 0 Å². The molecule has 3 heteroatoms. The maximum Gasteiger partial charge on any atom is 0.195 e. The third-order valence-electron chi connectivity index (χ3n) is 2.62. The molecule has 0 unspecified atom stereocenters. The zero-order valence-electron chi connectivity index (χ0n) is 11.1. The fourth-order valence-corrected chi connectivity index (χ4v) is 2.51. The second-order valence-corrected chi connectivity index (χ2v) is 5.37. The highest BCUT2D eigenvalue weighted by Gasteiger charge is 2.05. The van der Waals surface area contributed by atoms with Crippen LogP contribution < -0.4 is 4.74 Å². The van der Waals surface area contributed by atoms with Crippen molar-refractivity contribution < 1.29 is 9.53 Å². The van der Waals surface area contributed by atoms with Gasteiger partial charge in [0.05, 0.1) is 11.5 Å². The van der Waals surface area contributed by atoms with Gasteiger partial charge < -0.3 is 4.74 Å². The molecule has 0 aliphatic carbocycles. The second-order valence-electron chi connectivity index (χ2n) is 4.08. The van der Waals surface area contributed by atoms with E-state index in [1.807, 2.05) is 56.3 Å². The third kappa shape index (κ3) is 3.55. The number of rotatable bonds is 5. The third-order valence-corrected chi connectivity index (χ3v) is 3.63. The van der Waals surface area contributed by atoms with E-state index in [1.165, 1.54) is 11.3 Å². The van der Waals surface area contributed by atoms with Crippen molar-refractivity contribution in [1.82, 2.24) is 0 Å². The van der Waals surface area contributed by atoms with Crippen LogP contribution in [-0.4, -0.2) is 12.4 Å². The van der Waals surface area contributed by atoms with Gasteiger partial charge in [0.25, 0.3) is 0 Å². The lowest BCUT2D eigenvalue weighted by Crippen LogP contribution is -1.94.